The van der Waals surface area contributed by atoms with Crippen molar-refractivity contribution in [3.05, 3.63) is 82.9 Å². The molecule has 0 atom stereocenters. The van der Waals surface area contributed by atoms with Gasteiger partial charge in [0.25, 0.3) is 5.91 Å². The maximum absolute atomic E-state index is 12.6. The highest BCUT2D eigenvalue weighted by Crippen LogP contribution is 2.35. The van der Waals surface area contributed by atoms with Gasteiger partial charge in [0.1, 0.15) is 11.6 Å². The monoisotopic (exact) mass is 489 g/mol. The van der Waals surface area contributed by atoms with E-state index in [0.29, 0.717) is 42.7 Å². The normalized spacial score (nSPS) is 15.8. The zero-order chi connectivity index (χ0) is 24.8. The smallest absolute Gasteiger partial charge is 0.283 e. The predicted molar refractivity (Wildman–Crippen MR) is 140 cm³/mol. The van der Waals surface area contributed by atoms with Crippen molar-refractivity contribution in [2.75, 3.05) is 20.3 Å². The molecular weight excluding hydrogens is 462 g/mol. The van der Waals surface area contributed by atoms with E-state index in [9.17, 15) is 4.79 Å². The second kappa shape index (κ2) is 11.1. The van der Waals surface area contributed by atoms with Crippen LogP contribution in [0.5, 0.6) is 17.2 Å². The van der Waals surface area contributed by atoms with E-state index in [1.807, 2.05) is 37.3 Å². The number of aliphatic imine (C=N–C) groups is 1. The second-order valence-corrected chi connectivity index (χ2v) is 8.82. The molecule has 0 spiro atoms. The molecule has 7 nitrogen and oxygen atoms in total. The first-order valence-electron chi connectivity index (χ1n) is 11.2. The average molecular weight is 490 g/mol. The first-order valence-corrected chi connectivity index (χ1v) is 12.1. The quantitative estimate of drug-likeness (QED) is 0.275. The Hall–Kier alpha value is -3.78. The Morgan fingerprint density at radius 2 is 1.94 bits per heavy atom. The van der Waals surface area contributed by atoms with Crippen molar-refractivity contribution in [2.24, 2.45) is 4.99 Å². The van der Waals surface area contributed by atoms with Crippen LogP contribution in [0.1, 0.15) is 23.1 Å². The van der Waals surface area contributed by atoms with Crippen LogP contribution in [0.3, 0.4) is 0 Å². The molecule has 0 saturated carbocycles. The second-order valence-electron chi connectivity index (χ2n) is 7.95. The number of nitrogens with one attached hydrogen (secondary N) is 1. The molecule has 0 aliphatic carbocycles. The summed E-state index contributed by atoms with van der Waals surface area (Å²) in [6, 6.07) is 11.7. The van der Waals surface area contributed by atoms with Crippen molar-refractivity contribution in [3.8, 4) is 17.2 Å². The maximum Gasteiger partial charge on any atom is 0.283 e. The zero-order valence-electron chi connectivity index (χ0n) is 19.7. The van der Waals surface area contributed by atoms with Crippen LogP contribution in [0, 0.1) is 12.3 Å². The topological polar surface area (TPSA) is 84.2 Å². The lowest BCUT2D eigenvalue weighted by atomic mass is 10.0. The largest absolute Gasteiger partial charge is 0.493 e. The van der Waals surface area contributed by atoms with E-state index in [0.717, 1.165) is 16.9 Å². The number of fused-ring (bicyclic) bond motifs is 1. The van der Waals surface area contributed by atoms with Crippen LogP contribution in [0.15, 0.2) is 71.2 Å². The molecule has 0 bridgehead atoms. The molecule has 0 aromatic heterocycles. The molecule has 0 fully saturated rings. The molecule has 2 heterocycles. The minimum Gasteiger partial charge on any atom is -0.493 e. The van der Waals surface area contributed by atoms with Gasteiger partial charge >= 0.3 is 0 Å². The number of amides is 1. The Kier molecular flexibility index (Phi) is 7.72. The van der Waals surface area contributed by atoms with Crippen molar-refractivity contribution in [3.63, 3.8) is 0 Å². The van der Waals surface area contributed by atoms with Gasteiger partial charge in [0.15, 0.2) is 16.7 Å². The van der Waals surface area contributed by atoms with Gasteiger partial charge in [-0.25, -0.2) is 0 Å². The van der Waals surface area contributed by atoms with E-state index in [-0.39, 0.29) is 11.4 Å². The van der Waals surface area contributed by atoms with Gasteiger partial charge < -0.3 is 14.2 Å². The SMILES string of the molecule is C=CCc1cc(C=C2C(=N)N3C=CSC3=NC2=O)cc(OC)c1OCCCOc1ccc(C)cc1. The molecule has 180 valence electrons. The summed E-state index contributed by atoms with van der Waals surface area (Å²) < 4.78 is 17.5. The summed E-state index contributed by atoms with van der Waals surface area (Å²) >= 11 is 1.32. The van der Waals surface area contributed by atoms with Gasteiger partial charge in [-0.2, -0.15) is 4.99 Å². The van der Waals surface area contributed by atoms with Crippen molar-refractivity contribution in [1.82, 2.24) is 4.90 Å². The lowest BCUT2D eigenvalue weighted by molar-refractivity contribution is -0.114. The number of amidine groups is 2. The highest BCUT2D eigenvalue weighted by molar-refractivity contribution is 8.16. The molecule has 4 rings (SSSR count). The molecule has 0 radical (unpaired) electrons. The molecule has 8 heteroatoms. The molecule has 35 heavy (non-hydrogen) atoms. The number of rotatable bonds is 10. The number of ether oxygens (including phenoxy) is 3. The van der Waals surface area contributed by atoms with E-state index in [1.54, 1.807) is 41.8 Å². The van der Waals surface area contributed by atoms with E-state index >= 15 is 0 Å². The van der Waals surface area contributed by atoms with Gasteiger partial charge in [0.2, 0.25) is 0 Å². The van der Waals surface area contributed by atoms with Crippen LogP contribution in [-0.4, -0.2) is 42.1 Å². The molecular formula is C27H27N3O4S. The molecule has 0 saturated heterocycles. The van der Waals surface area contributed by atoms with Gasteiger partial charge in [-0.05, 0) is 54.7 Å². The Balaban J connectivity index is 1.49. The Labute approximate surface area is 209 Å². The van der Waals surface area contributed by atoms with Crippen molar-refractivity contribution < 1.29 is 19.0 Å². The van der Waals surface area contributed by atoms with Crippen LogP contribution >= 0.6 is 11.8 Å². The van der Waals surface area contributed by atoms with Crippen LogP contribution in [-0.2, 0) is 11.2 Å². The van der Waals surface area contributed by atoms with Crippen LogP contribution < -0.4 is 14.2 Å². The lowest BCUT2D eigenvalue weighted by Crippen LogP contribution is -2.35. The summed E-state index contributed by atoms with van der Waals surface area (Å²) in [6.45, 7) is 6.87. The molecule has 1 amide bonds. The molecule has 0 unspecified atom stereocenters. The van der Waals surface area contributed by atoms with Crippen LogP contribution in [0.2, 0.25) is 0 Å². The van der Waals surface area contributed by atoms with Crippen molar-refractivity contribution in [2.45, 2.75) is 19.8 Å². The minimum atomic E-state index is -0.435. The summed E-state index contributed by atoms with van der Waals surface area (Å²) in [5.41, 5.74) is 3.00. The third-order valence-corrected chi connectivity index (χ3v) is 6.14. The van der Waals surface area contributed by atoms with Gasteiger partial charge in [0.05, 0.1) is 25.9 Å². The van der Waals surface area contributed by atoms with Crippen molar-refractivity contribution >= 4 is 34.7 Å². The molecule has 2 aliphatic rings. The molecule has 2 aromatic rings. The molecule has 1 N–H and O–H groups in total. The number of nitrogens with zero attached hydrogens (tertiary/aromatic N) is 2. The molecule has 2 aliphatic heterocycles. The van der Waals surface area contributed by atoms with Gasteiger partial charge in [-0.1, -0.05) is 35.5 Å². The minimum absolute atomic E-state index is 0.0967. The Bertz CT molecular complexity index is 1230. The standard InChI is InChI=1S/C27H27N3O4S/c1-4-6-20-15-19(16-22-25(28)30-11-14-35-27(30)29-26(22)31)17-23(32-3)24(20)34-13-5-12-33-21-9-7-18(2)8-10-21/h4,7-11,14-17,28H,1,5-6,12-13H2,2-3H3. The molecule has 2 aromatic carbocycles. The Morgan fingerprint density at radius 1 is 1.17 bits per heavy atom. The summed E-state index contributed by atoms with van der Waals surface area (Å²) in [6.07, 6.45) is 6.44. The number of hydrogen-bond donors (Lipinski definition) is 1. The summed E-state index contributed by atoms with van der Waals surface area (Å²) in [5, 5.41) is 10.7. The van der Waals surface area contributed by atoms with E-state index in [4.69, 9.17) is 19.6 Å². The van der Waals surface area contributed by atoms with Gasteiger partial charge in [-0.15, -0.1) is 6.58 Å². The van der Waals surface area contributed by atoms with Crippen LogP contribution in [0.4, 0.5) is 0 Å². The summed E-state index contributed by atoms with van der Waals surface area (Å²) in [4.78, 5) is 18.2. The number of allylic oxidation sites excluding steroid dienone is 1. The zero-order valence-corrected chi connectivity index (χ0v) is 20.6. The number of methoxy groups -OCH3 is 1. The van der Waals surface area contributed by atoms with E-state index in [2.05, 4.69) is 11.6 Å². The Morgan fingerprint density at radius 3 is 2.69 bits per heavy atom. The van der Waals surface area contributed by atoms with Crippen LogP contribution in [0.25, 0.3) is 6.08 Å². The lowest BCUT2D eigenvalue weighted by Gasteiger charge is -2.22. The number of hydrogen-bond acceptors (Lipinski definition) is 6. The third kappa shape index (κ3) is 5.66. The number of benzene rings is 2. The summed E-state index contributed by atoms with van der Waals surface area (Å²) in [7, 11) is 1.58. The highest BCUT2D eigenvalue weighted by atomic mass is 32.2. The fourth-order valence-electron chi connectivity index (χ4n) is 3.65. The fraction of sp³-hybridized carbons (Fsp3) is 0.222. The predicted octanol–water partition coefficient (Wildman–Crippen LogP) is 5.36. The first kappa shape index (κ1) is 24.3. The van der Waals surface area contributed by atoms with E-state index in [1.165, 1.54) is 17.3 Å². The number of aryl methyl sites for hydroxylation is 1. The van der Waals surface area contributed by atoms with E-state index < -0.39 is 5.91 Å². The van der Waals surface area contributed by atoms with Gasteiger partial charge in [-0.3, -0.25) is 15.1 Å². The number of carbonyl (C=O) groups excluding carboxylic acids is 1. The van der Waals surface area contributed by atoms with Crippen molar-refractivity contribution in [1.29, 1.82) is 5.41 Å². The highest BCUT2D eigenvalue weighted by Gasteiger charge is 2.31. The fourth-order valence-corrected chi connectivity index (χ4v) is 4.35. The van der Waals surface area contributed by atoms with Gasteiger partial charge in [0, 0.05) is 18.2 Å². The third-order valence-electron chi connectivity index (χ3n) is 5.39. The number of thioether (sulfide) groups is 1. The maximum atomic E-state index is 12.6. The summed E-state index contributed by atoms with van der Waals surface area (Å²) in [5.74, 6) is 1.68. The number of carbonyl (C=O) groups is 1. The average Bonchev–Trinajstić information content (AvgIpc) is 3.32. The first-order chi connectivity index (χ1) is 17.0.